The van der Waals surface area contributed by atoms with E-state index < -0.39 is 9.84 Å². The highest BCUT2D eigenvalue weighted by molar-refractivity contribution is 7.90. The van der Waals surface area contributed by atoms with E-state index in [2.05, 4.69) is 10.2 Å². The van der Waals surface area contributed by atoms with Gasteiger partial charge in [-0.3, -0.25) is 9.69 Å². The molecule has 2 aliphatic rings. The van der Waals surface area contributed by atoms with Crippen molar-refractivity contribution >= 4 is 15.7 Å². The lowest BCUT2D eigenvalue weighted by atomic mass is 9.99. The minimum Gasteiger partial charge on any atom is -0.348 e. The number of amides is 1. The third kappa shape index (κ3) is 3.03. The van der Waals surface area contributed by atoms with Crippen molar-refractivity contribution in [3.05, 3.63) is 29.8 Å². The monoisotopic (exact) mass is 322 g/mol. The van der Waals surface area contributed by atoms with Crippen LogP contribution in [0.25, 0.3) is 0 Å². The van der Waals surface area contributed by atoms with E-state index in [1.54, 1.807) is 18.2 Å². The van der Waals surface area contributed by atoms with Gasteiger partial charge in [-0.05, 0) is 37.9 Å². The van der Waals surface area contributed by atoms with Gasteiger partial charge < -0.3 is 5.32 Å². The lowest BCUT2D eigenvalue weighted by Crippen LogP contribution is -2.47. The summed E-state index contributed by atoms with van der Waals surface area (Å²) < 4.78 is 23.7. The number of fused-ring (bicyclic) bond motifs is 1. The Morgan fingerprint density at radius 2 is 1.95 bits per heavy atom. The smallest absolute Gasteiger partial charge is 0.252 e. The molecule has 0 aliphatic carbocycles. The SMILES string of the molecule is CS(=O)(=O)c1ccccc1C(=O)N[C@H]1CCN2CCCC[C@H]12. The Morgan fingerprint density at radius 1 is 1.18 bits per heavy atom. The zero-order valence-corrected chi connectivity index (χ0v) is 13.6. The van der Waals surface area contributed by atoms with Crippen LogP contribution in [0.15, 0.2) is 29.2 Å². The van der Waals surface area contributed by atoms with Gasteiger partial charge in [0.15, 0.2) is 9.84 Å². The van der Waals surface area contributed by atoms with Crippen molar-refractivity contribution in [1.29, 1.82) is 0 Å². The van der Waals surface area contributed by atoms with E-state index in [0.29, 0.717) is 6.04 Å². The lowest BCUT2D eigenvalue weighted by molar-refractivity contribution is 0.0912. The molecule has 1 N–H and O–H groups in total. The van der Waals surface area contributed by atoms with Crippen LogP contribution in [-0.4, -0.2) is 50.7 Å². The fourth-order valence-electron chi connectivity index (χ4n) is 3.64. The Hall–Kier alpha value is -1.40. The maximum absolute atomic E-state index is 12.5. The van der Waals surface area contributed by atoms with Crippen LogP contribution in [-0.2, 0) is 9.84 Å². The molecule has 120 valence electrons. The van der Waals surface area contributed by atoms with E-state index in [4.69, 9.17) is 0 Å². The minimum atomic E-state index is -3.41. The molecule has 2 atom stereocenters. The average Bonchev–Trinajstić information content (AvgIpc) is 2.90. The molecule has 6 heteroatoms. The van der Waals surface area contributed by atoms with Crippen molar-refractivity contribution in [2.75, 3.05) is 19.3 Å². The van der Waals surface area contributed by atoms with Crippen molar-refractivity contribution in [3.8, 4) is 0 Å². The molecule has 1 aromatic carbocycles. The Labute approximate surface area is 131 Å². The summed E-state index contributed by atoms with van der Waals surface area (Å²) in [5, 5.41) is 3.06. The number of carbonyl (C=O) groups is 1. The normalized spacial score (nSPS) is 25.7. The molecule has 0 unspecified atom stereocenters. The Balaban J connectivity index is 1.78. The second-order valence-electron chi connectivity index (χ2n) is 6.24. The Bertz CT molecular complexity index is 672. The van der Waals surface area contributed by atoms with E-state index in [9.17, 15) is 13.2 Å². The van der Waals surface area contributed by atoms with E-state index in [1.807, 2.05) is 0 Å². The Kier molecular flexibility index (Phi) is 4.23. The molecule has 0 spiro atoms. The second-order valence-corrected chi connectivity index (χ2v) is 8.22. The molecule has 1 amide bonds. The molecule has 1 aromatic rings. The maximum Gasteiger partial charge on any atom is 0.252 e. The van der Waals surface area contributed by atoms with E-state index >= 15 is 0 Å². The summed E-state index contributed by atoms with van der Waals surface area (Å²) in [6, 6.07) is 6.95. The van der Waals surface area contributed by atoms with Crippen LogP contribution in [0, 0.1) is 0 Å². The average molecular weight is 322 g/mol. The summed E-state index contributed by atoms with van der Waals surface area (Å²) in [4.78, 5) is 15.1. The first-order valence-corrected chi connectivity index (χ1v) is 9.70. The molecule has 2 heterocycles. The molecule has 0 radical (unpaired) electrons. The number of hydrogen-bond donors (Lipinski definition) is 1. The summed E-state index contributed by atoms with van der Waals surface area (Å²) in [6.45, 7) is 2.13. The molecule has 2 saturated heterocycles. The van der Waals surface area contributed by atoms with Crippen molar-refractivity contribution in [1.82, 2.24) is 10.2 Å². The first kappa shape index (κ1) is 15.5. The third-order valence-corrected chi connectivity index (χ3v) is 5.86. The van der Waals surface area contributed by atoms with E-state index in [-0.39, 0.29) is 22.4 Å². The fourth-order valence-corrected chi connectivity index (χ4v) is 4.53. The molecule has 3 rings (SSSR count). The summed E-state index contributed by atoms with van der Waals surface area (Å²) in [5.41, 5.74) is 0.249. The number of nitrogens with zero attached hydrogens (tertiary/aromatic N) is 1. The molecular formula is C16H22N2O3S. The van der Waals surface area contributed by atoms with Gasteiger partial charge in [-0.25, -0.2) is 8.42 Å². The van der Waals surface area contributed by atoms with Crippen LogP contribution in [0.5, 0.6) is 0 Å². The highest BCUT2D eigenvalue weighted by Gasteiger charge is 2.36. The van der Waals surface area contributed by atoms with E-state index in [1.165, 1.54) is 18.9 Å². The van der Waals surface area contributed by atoms with Gasteiger partial charge in [0.1, 0.15) is 0 Å². The lowest BCUT2D eigenvalue weighted by Gasteiger charge is -2.32. The summed E-state index contributed by atoms with van der Waals surface area (Å²) in [7, 11) is -3.41. The van der Waals surface area contributed by atoms with Crippen molar-refractivity contribution < 1.29 is 13.2 Å². The van der Waals surface area contributed by atoms with Gasteiger partial charge in [-0.15, -0.1) is 0 Å². The highest BCUT2D eigenvalue weighted by atomic mass is 32.2. The summed E-state index contributed by atoms with van der Waals surface area (Å²) in [6.07, 6.45) is 5.62. The number of benzene rings is 1. The van der Waals surface area contributed by atoms with Gasteiger partial charge in [0, 0.05) is 24.9 Å². The second kappa shape index (κ2) is 6.01. The first-order valence-electron chi connectivity index (χ1n) is 7.81. The summed E-state index contributed by atoms with van der Waals surface area (Å²) >= 11 is 0. The number of piperidine rings is 1. The first-order chi connectivity index (χ1) is 10.5. The quantitative estimate of drug-likeness (QED) is 0.914. The Morgan fingerprint density at radius 3 is 2.73 bits per heavy atom. The molecule has 5 nitrogen and oxygen atoms in total. The van der Waals surface area contributed by atoms with Crippen LogP contribution in [0.2, 0.25) is 0 Å². The third-order valence-electron chi connectivity index (χ3n) is 4.70. The topological polar surface area (TPSA) is 66.5 Å². The van der Waals surface area contributed by atoms with Crippen molar-refractivity contribution in [3.63, 3.8) is 0 Å². The predicted molar refractivity (Wildman–Crippen MR) is 84.6 cm³/mol. The molecule has 0 saturated carbocycles. The zero-order valence-electron chi connectivity index (χ0n) is 12.8. The molecule has 2 aliphatic heterocycles. The number of carbonyl (C=O) groups excluding carboxylic acids is 1. The highest BCUT2D eigenvalue weighted by Crippen LogP contribution is 2.27. The molecule has 22 heavy (non-hydrogen) atoms. The molecular weight excluding hydrogens is 300 g/mol. The number of hydrogen-bond acceptors (Lipinski definition) is 4. The van der Waals surface area contributed by atoms with Crippen molar-refractivity contribution in [2.24, 2.45) is 0 Å². The maximum atomic E-state index is 12.5. The van der Waals surface area contributed by atoms with Crippen molar-refractivity contribution in [2.45, 2.75) is 42.7 Å². The molecule has 0 bridgehead atoms. The minimum absolute atomic E-state index is 0.103. The van der Waals surface area contributed by atoms with E-state index in [0.717, 1.165) is 32.2 Å². The van der Waals surface area contributed by atoms with Crippen LogP contribution < -0.4 is 5.32 Å². The van der Waals surface area contributed by atoms with Gasteiger partial charge in [-0.2, -0.15) is 0 Å². The molecule has 2 fully saturated rings. The zero-order chi connectivity index (χ0) is 15.7. The predicted octanol–water partition coefficient (Wildman–Crippen LogP) is 1.45. The summed E-state index contributed by atoms with van der Waals surface area (Å²) in [5.74, 6) is -0.279. The van der Waals surface area contributed by atoms with Crippen LogP contribution in [0.3, 0.4) is 0 Å². The van der Waals surface area contributed by atoms with Gasteiger partial charge in [0.25, 0.3) is 5.91 Å². The number of nitrogens with one attached hydrogen (secondary N) is 1. The van der Waals surface area contributed by atoms with Gasteiger partial charge >= 0.3 is 0 Å². The number of sulfone groups is 1. The largest absolute Gasteiger partial charge is 0.348 e. The van der Waals surface area contributed by atoms with Crippen LogP contribution >= 0.6 is 0 Å². The van der Waals surface area contributed by atoms with Crippen LogP contribution in [0.4, 0.5) is 0 Å². The fraction of sp³-hybridized carbons (Fsp3) is 0.562. The molecule has 0 aromatic heterocycles. The standard InChI is InChI=1S/C16H22N2O3S/c1-22(20,21)15-8-3-2-6-12(15)16(19)17-13-9-11-18-10-5-4-7-14(13)18/h2-3,6,8,13-14H,4-5,7,9-11H2,1H3,(H,17,19)/t13-,14+/m0/s1. The number of rotatable bonds is 3. The van der Waals surface area contributed by atoms with Crippen LogP contribution in [0.1, 0.15) is 36.0 Å². The van der Waals surface area contributed by atoms with Gasteiger partial charge in [0.2, 0.25) is 0 Å². The van der Waals surface area contributed by atoms with Gasteiger partial charge in [0.05, 0.1) is 10.5 Å². The van der Waals surface area contributed by atoms with Gasteiger partial charge in [-0.1, -0.05) is 18.6 Å².